The smallest absolute Gasteiger partial charge is 0.314 e. The van der Waals surface area contributed by atoms with Crippen LogP contribution in [0.3, 0.4) is 0 Å². The molecule has 0 atom stereocenters. The van der Waals surface area contributed by atoms with Gasteiger partial charge in [-0.25, -0.2) is 0 Å². The van der Waals surface area contributed by atoms with Gasteiger partial charge >= 0.3 is 5.97 Å². The summed E-state index contributed by atoms with van der Waals surface area (Å²) in [7, 11) is 1.57. The lowest BCUT2D eigenvalue weighted by Crippen LogP contribution is -2.38. The minimum atomic E-state index is -1.00. The Hall–Kier alpha value is -1.71. The molecule has 1 aliphatic rings. The number of carboxylic acid groups (broad SMARTS) is 1. The van der Waals surface area contributed by atoms with E-state index in [0.29, 0.717) is 24.2 Å². The average Bonchev–Trinajstić information content (AvgIpc) is 2.46. The number of phenolic OH excluding ortho intramolecular Hbond substituents is 1. The maximum Gasteiger partial charge on any atom is 0.314 e. The summed E-state index contributed by atoms with van der Waals surface area (Å²) in [5, 5.41) is 20.7. The van der Waals surface area contributed by atoms with Gasteiger partial charge in [-0.1, -0.05) is 40.0 Å². The molecular weight excluding hydrogens is 280 g/mol. The highest BCUT2D eigenvalue weighted by Gasteiger charge is 2.44. The molecule has 0 heterocycles. The summed E-state index contributed by atoms with van der Waals surface area (Å²) in [5.74, 6) is -0.142. The van der Waals surface area contributed by atoms with E-state index in [9.17, 15) is 15.0 Å². The van der Waals surface area contributed by atoms with Crippen LogP contribution >= 0.6 is 0 Å². The molecule has 0 unspecified atom stereocenters. The van der Waals surface area contributed by atoms with Gasteiger partial charge in [-0.15, -0.1) is 0 Å². The van der Waals surface area contributed by atoms with E-state index in [1.54, 1.807) is 19.2 Å². The van der Waals surface area contributed by atoms with Gasteiger partial charge in [0, 0.05) is 11.1 Å². The summed E-state index contributed by atoms with van der Waals surface area (Å²) >= 11 is 0. The molecular formula is C18H26O4. The topological polar surface area (TPSA) is 66.8 Å². The van der Waals surface area contributed by atoms with Crippen molar-refractivity contribution in [2.24, 2.45) is 0 Å². The van der Waals surface area contributed by atoms with Gasteiger partial charge < -0.3 is 14.9 Å². The average molecular weight is 306 g/mol. The third kappa shape index (κ3) is 2.79. The quantitative estimate of drug-likeness (QED) is 0.886. The van der Waals surface area contributed by atoms with Gasteiger partial charge in [0.25, 0.3) is 0 Å². The number of aliphatic carboxylic acids is 1. The maximum atomic E-state index is 12.0. The number of ether oxygens (including phenoxy) is 1. The van der Waals surface area contributed by atoms with Crippen LogP contribution in [0.2, 0.25) is 0 Å². The third-order valence-corrected chi connectivity index (χ3v) is 4.76. The molecule has 1 aliphatic carbocycles. The lowest BCUT2D eigenvalue weighted by atomic mass is 9.68. The number of aromatic hydroxyl groups is 1. The molecule has 122 valence electrons. The molecule has 0 radical (unpaired) electrons. The Bertz CT molecular complexity index is 563. The summed E-state index contributed by atoms with van der Waals surface area (Å²) in [6.45, 7) is 6.00. The van der Waals surface area contributed by atoms with Crippen LogP contribution in [-0.4, -0.2) is 23.3 Å². The summed E-state index contributed by atoms with van der Waals surface area (Å²) < 4.78 is 5.36. The van der Waals surface area contributed by atoms with Crippen LogP contribution < -0.4 is 4.74 Å². The molecule has 0 spiro atoms. The lowest BCUT2D eigenvalue weighted by Gasteiger charge is -2.35. The normalized spacial score (nSPS) is 18.0. The fraction of sp³-hybridized carbons (Fsp3) is 0.611. The summed E-state index contributed by atoms with van der Waals surface area (Å²) in [6, 6.07) is 3.50. The molecule has 4 nitrogen and oxygen atoms in total. The summed E-state index contributed by atoms with van der Waals surface area (Å²) in [5.41, 5.74) is -0.0597. The van der Waals surface area contributed by atoms with Crippen molar-refractivity contribution in [1.29, 1.82) is 0 Å². The Balaban J connectivity index is 2.69. The molecule has 1 saturated carbocycles. The maximum absolute atomic E-state index is 12.0. The number of hydrogen-bond acceptors (Lipinski definition) is 3. The second kappa shape index (κ2) is 5.82. The zero-order valence-electron chi connectivity index (χ0n) is 13.9. The first kappa shape index (κ1) is 16.7. The van der Waals surface area contributed by atoms with Crippen LogP contribution in [0.25, 0.3) is 0 Å². The van der Waals surface area contributed by atoms with Gasteiger partial charge in [0.1, 0.15) is 11.5 Å². The van der Waals surface area contributed by atoms with E-state index in [2.05, 4.69) is 0 Å². The molecule has 0 aromatic heterocycles. The van der Waals surface area contributed by atoms with Crippen molar-refractivity contribution in [2.45, 2.75) is 63.7 Å². The first-order valence-corrected chi connectivity index (χ1v) is 7.88. The molecule has 2 N–H and O–H groups in total. The van der Waals surface area contributed by atoms with Crippen molar-refractivity contribution in [3.8, 4) is 11.5 Å². The number of carbonyl (C=O) groups is 1. The Morgan fingerprint density at radius 1 is 1.18 bits per heavy atom. The second-order valence-electron chi connectivity index (χ2n) is 7.27. The van der Waals surface area contributed by atoms with Crippen molar-refractivity contribution in [3.63, 3.8) is 0 Å². The fourth-order valence-corrected chi connectivity index (χ4v) is 3.42. The molecule has 1 aromatic carbocycles. The highest BCUT2D eigenvalue weighted by Crippen LogP contribution is 2.47. The predicted octanol–water partition coefficient (Wildman–Crippen LogP) is 3.98. The largest absolute Gasteiger partial charge is 0.507 e. The van der Waals surface area contributed by atoms with Crippen LogP contribution in [0, 0.1) is 0 Å². The van der Waals surface area contributed by atoms with Crippen molar-refractivity contribution in [3.05, 3.63) is 23.3 Å². The van der Waals surface area contributed by atoms with E-state index in [1.165, 1.54) is 0 Å². The van der Waals surface area contributed by atoms with Gasteiger partial charge in [0.05, 0.1) is 12.5 Å². The van der Waals surface area contributed by atoms with Crippen LogP contribution in [0.15, 0.2) is 12.1 Å². The molecule has 0 bridgehead atoms. The predicted molar refractivity (Wildman–Crippen MR) is 85.8 cm³/mol. The van der Waals surface area contributed by atoms with E-state index in [-0.39, 0.29) is 11.2 Å². The highest BCUT2D eigenvalue weighted by molar-refractivity contribution is 5.83. The fourth-order valence-electron chi connectivity index (χ4n) is 3.42. The van der Waals surface area contributed by atoms with Crippen LogP contribution in [-0.2, 0) is 15.6 Å². The second-order valence-corrected chi connectivity index (χ2v) is 7.27. The Morgan fingerprint density at radius 3 is 2.23 bits per heavy atom. The van der Waals surface area contributed by atoms with E-state index >= 15 is 0 Å². The molecule has 1 aromatic rings. The molecule has 2 rings (SSSR count). The number of rotatable bonds is 3. The van der Waals surface area contributed by atoms with Crippen molar-refractivity contribution in [1.82, 2.24) is 0 Å². The Labute approximate surface area is 132 Å². The summed E-state index contributed by atoms with van der Waals surface area (Å²) in [4.78, 5) is 12.0. The molecule has 0 saturated heterocycles. The SMILES string of the molecule is COc1cc(C(C)(C)C)c(O)c(C2(C(=O)O)CCCCC2)c1. The zero-order chi connectivity index (χ0) is 16.5. The van der Waals surface area contributed by atoms with Crippen molar-refractivity contribution < 1.29 is 19.7 Å². The van der Waals surface area contributed by atoms with Crippen molar-refractivity contribution >= 4 is 5.97 Å². The monoisotopic (exact) mass is 306 g/mol. The van der Waals surface area contributed by atoms with Gasteiger partial charge in [0.15, 0.2) is 0 Å². The molecule has 4 heteroatoms. The first-order chi connectivity index (χ1) is 10.2. The van der Waals surface area contributed by atoms with E-state index < -0.39 is 11.4 Å². The number of benzene rings is 1. The Morgan fingerprint density at radius 2 is 1.77 bits per heavy atom. The summed E-state index contributed by atoms with van der Waals surface area (Å²) in [6.07, 6.45) is 3.91. The molecule has 0 aliphatic heterocycles. The molecule has 0 amide bonds. The standard InChI is InChI=1S/C18H26O4/c1-17(2,3)13-10-12(22-4)11-14(15(13)19)18(16(20)21)8-6-5-7-9-18/h10-11,19H,5-9H2,1-4H3,(H,20,21). The first-order valence-electron chi connectivity index (χ1n) is 7.88. The van der Waals surface area contributed by atoms with E-state index in [0.717, 1.165) is 24.8 Å². The minimum absolute atomic E-state index is 0.109. The lowest BCUT2D eigenvalue weighted by molar-refractivity contribution is -0.145. The van der Waals surface area contributed by atoms with Crippen LogP contribution in [0.5, 0.6) is 11.5 Å². The zero-order valence-corrected chi connectivity index (χ0v) is 13.9. The van der Waals surface area contributed by atoms with Gasteiger partial charge in [-0.2, -0.15) is 0 Å². The van der Waals surface area contributed by atoms with Gasteiger partial charge in [0.2, 0.25) is 0 Å². The van der Waals surface area contributed by atoms with E-state index in [4.69, 9.17) is 4.74 Å². The number of methoxy groups -OCH3 is 1. The van der Waals surface area contributed by atoms with Gasteiger partial charge in [-0.3, -0.25) is 4.79 Å². The number of phenols is 1. The Kier molecular flexibility index (Phi) is 4.41. The highest BCUT2D eigenvalue weighted by atomic mass is 16.5. The number of carboxylic acids is 1. The van der Waals surface area contributed by atoms with Crippen LogP contribution in [0.1, 0.15) is 64.0 Å². The third-order valence-electron chi connectivity index (χ3n) is 4.76. The van der Waals surface area contributed by atoms with Crippen LogP contribution in [0.4, 0.5) is 0 Å². The number of hydrogen-bond donors (Lipinski definition) is 2. The van der Waals surface area contributed by atoms with Crippen molar-refractivity contribution in [2.75, 3.05) is 7.11 Å². The molecule has 22 heavy (non-hydrogen) atoms. The van der Waals surface area contributed by atoms with Gasteiger partial charge in [-0.05, 0) is 30.4 Å². The molecule has 1 fully saturated rings. The van der Waals surface area contributed by atoms with E-state index in [1.807, 2.05) is 20.8 Å². The minimum Gasteiger partial charge on any atom is -0.507 e.